The van der Waals surface area contributed by atoms with Crippen molar-refractivity contribution < 1.29 is 0 Å². The van der Waals surface area contributed by atoms with Crippen LogP contribution >= 0.6 is 11.6 Å². The lowest BCUT2D eigenvalue weighted by molar-refractivity contribution is 0.223. The lowest BCUT2D eigenvalue weighted by Gasteiger charge is -2.34. The molecule has 106 valence electrons. The zero-order chi connectivity index (χ0) is 13.8. The minimum atomic E-state index is 0.384. The first-order valence-electron chi connectivity index (χ1n) is 7.57. The third kappa shape index (κ3) is 4.22. The van der Waals surface area contributed by atoms with Gasteiger partial charge in [-0.15, -0.1) is 0 Å². The van der Waals surface area contributed by atoms with Gasteiger partial charge in [0.2, 0.25) is 0 Å². The van der Waals surface area contributed by atoms with Crippen LogP contribution in [0.5, 0.6) is 0 Å². The van der Waals surface area contributed by atoms with Crippen molar-refractivity contribution >= 4 is 11.6 Å². The number of rotatable bonds is 4. The Labute approximate surface area is 122 Å². The van der Waals surface area contributed by atoms with E-state index in [1.54, 1.807) is 0 Å². The summed E-state index contributed by atoms with van der Waals surface area (Å²) in [6, 6.07) is 9.25. The predicted octanol–water partition coefficient (Wildman–Crippen LogP) is 5.21. The van der Waals surface area contributed by atoms with Crippen LogP contribution < -0.4 is 5.32 Å². The van der Waals surface area contributed by atoms with Crippen molar-refractivity contribution in [2.45, 2.75) is 58.5 Å². The van der Waals surface area contributed by atoms with Crippen molar-refractivity contribution in [3.8, 4) is 0 Å². The van der Waals surface area contributed by atoms with Crippen LogP contribution in [0.2, 0.25) is 5.02 Å². The molecule has 0 amide bonds. The Morgan fingerprint density at radius 3 is 2.68 bits per heavy atom. The Hall–Kier alpha value is -0.530. The van der Waals surface area contributed by atoms with Crippen molar-refractivity contribution in [2.24, 2.45) is 11.8 Å². The van der Waals surface area contributed by atoms with Gasteiger partial charge in [-0.25, -0.2) is 0 Å². The zero-order valence-electron chi connectivity index (χ0n) is 12.3. The summed E-state index contributed by atoms with van der Waals surface area (Å²) < 4.78 is 0. The Balaban J connectivity index is 1.93. The second-order valence-corrected chi connectivity index (χ2v) is 6.75. The average Bonchev–Trinajstić information content (AvgIpc) is 2.39. The second-order valence-electron chi connectivity index (χ2n) is 6.31. The van der Waals surface area contributed by atoms with Crippen LogP contribution in [0, 0.1) is 11.8 Å². The number of hydrogen-bond donors (Lipinski definition) is 1. The first-order chi connectivity index (χ1) is 9.06. The van der Waals surface area contributed by atoms with E-state index in [0.717, 1.165) is 16.9 Å². The summed E-state index contributed by atoms with van der Waals surface area (Å²) in [5.74, 6) is 1.70. The van der Waals surface area contributed by atoms with Crippen molar-refractivity contribution in [3.63, 3.8) is 0 Å². The average molecular weight is 280 g/mol. The highest BCUT2D eigenvalue weighted by Crippen LogP contribution is 2.31. The molecular formula is C17H26ClN. The third-order valence-electron chi connectivity index (χ3n) is 4.49. The molecule has 1 fully saturated rings. The molecule has 2 unspecified atom stereocenters. The highest BCUT2D eigenvalue weighted by Gasteiger charge is 2.25. The van der Waals surface area contributed by atoms with E-state index in [4.69, 9.17) is 11.6 Å². The molecule has 1 nitrogen and oxygen atoms in total. The largest absolute Gasteiger partial charge is 0.307 e. The van der Waals surface area contributed by atoms with Gasteiger partial charge >= 0.3 is 0 Å². The fraction of sp³-hybridized carbons (Fsp3) is 0.647. The van der Waals surface area contributed by atoms with Gasteiger partial charge in [0.1, 0.15) is 0 Å². The molecule has 1 aromatic rings. The molecule has 1 aromatic carbocycles. The molecule has 0 aromatic heterocycles. The van der Waals surface area contributed by atoms with E-state index in [0.29, 0.717) is 12.1 Å². The minimum Gasteiger partial charge on any atom is -0.307 e. The molecule has 0 radical (unpaired) electrons. The molecule has 1 N–H and O–H groups in total. The van der Waals surface area contributed by atoms with E-state index in [9.17, 15) is 0 Å². The van der Waals surface area contributed by atoms with E-state index >= 15 is 0 Å². The van der Waals surface area contributed by atoms with E-state index in [-0.39, 0.29) is 0 Å². The monoisotopic (exact) mass is 279 g/mol. The molecule has 1 saturated carbocycles. The smallest absolute Gasteiger partial charge is 0.0409 e. The molecule has 2 heteroatoms. The lowest BCUT2D eigenvalue weighted by Crippen LogP contribution is -2.37. The van der Waals surface area contributed by atoms with Crippen LogP contribution in [0.3, 0.4) is 0 Å². The van der Waals surface area contributed by atoms with Crippen LogP contribution in [0.15, 0.2) is 24.3 Å². The van der Waals surface area contributed by atoms with Gasteiger partial charge in [-0.1, -0.05) is 50.4 Å². The second kappa shape index (κ2) is 6.76. The fourth-order valence-corrected chi connectivity index (χ4v) is 3.41. The Morgan fingerprint density at radius 2 is 2.00 bits per heavy atom. The SMILES string of the molecule is CC(C)C1CCCC(N[C@@H](C)c2cccc(Cl)c2)C1. The quantitative estimate of drug-likeness (QED) is 0.798. The first-order valence-corrected chi connectivity index (χ1v) is 7.95. The molecular weight excluding hydrogens is 254 g/mol. The lowest BCUT2D eigenvalue weighted by atomic mass is 9.79. The third-order valence-corrected chi connectivity index (χ3v) is 4.73. The summed E-state index contributed by atoms with van der Waals surface area (Å²) in [5.41, 5.74) is 1.29. The minimum absolute atomic E-state index is 0.384. The van der Waals surface area contributed by atoms with E-state index in [2.05, 4.69) is 38.2 Å². The molecule has 3 atom stereocenters. The number of nitrogens with one attached hydrogen (secondary N) is 1. The highest BCUT2D eigenvalue weighted by atomic mass is 35.5. The van der Waals surface area contributed by atoms with Gasteiger partial charge in [0.05, 0.1) is 0 Å². The fourth-order valence-electron chi connectivity index (χ4n) is 3.21. The van der Waals surface area contributed by atoms with Crippen LogP contribution in [0.25, 0.3) is 0 Å². The first kappa shape index (κ1) is 14.9. The Morgan fingerprint density at radius 1 is 1.21 bits per heavy atom. The Kier molecular flexibility index (Phi) is 5.29. The van der Waals surface area contributed by atoms with Crippen molar-refractivity contribution in [2.75, 3.05) is 0 Å². The molecule has 0 saturated heterocycles. The zero-order valence-corrected chi connectivity index (χ0v) is 13.1. The highest BCUT2D eigenvalue weighted by molar-refractivity contribution is 6.30. The van der Waals surface area contributed by atoms with Gasteiger partial charge in [0.15, 0.2) is 0 Å². The van der Waals surface area contributed by atoms with Gasteiger partial charge in [0.25, 0.3) is 0 Å². The molecule has 0 spiro atoms. The number of benzene rings is 1. The topological polar surface area (TPSA) is 12.0 Å². The predicted molar refractivity (Wildman–Crippen MR) is 83.6 cm³/mol. The maximum Gasteiger partial charge on any atom is 0.0409 e. The van der Waals surface area contributed by atoms with E-state index < -0.39 is 0 Å². The van der Waals surface area contributed by atoms with E-state index in [1.807, 2.05) is 12.1 Å². The molecule has 0 heterocycles. The number of hydrogen-bond acceptors (Lipinski definition) is 1. The summed E-state index contributed by atoms with van der Waals surface area (Å²) in [5, 5.41) is 4.62. The van der Waals surface area contributed by atoms with Crippen LogP contribution in [0.1, 0.15) is 58.1 Å². The summed E-state index contributed by atoms with van der Waals surface area (Å²) >= 11 is 6.07. The molecule has 2 rings (SSSR count). The van der Waals surface area contributed by atoms with Gasteiger partial charge in [-0.3, -0.25) is 0 Å². The summed E-state index contributed by atoms with van der Waals surface area (Å²) in [4.78, 5) is 0. The summed E-state index contributed by atoms with van der Waals surface area (Å²) in [6.45, 7) is 6.95. The van der Waals surface area contributed by atoms with Crippen molar-refractivity contribution in [3.05, 3.63) is 34.9 Å². The van der Waals surface area contributed by atoms with Gasteiger partial charge in [0, 0.05) is 17.1 Å². The van der Waals surface area contributed by atoms with Crippen LogP contribution in [0.4, 0.5) is 0 Å². The maximum atomic E-state index is 6.07. The van der Waals surface area contributed by atoms with Crippen LogP contribution in [-0.2, 0) is 0 Å². The van der Waals surface area contributed by atoms with E-state index in [1.165, 1.54) is 31.2 Å². The molecule has 1 aliphatic rings. The van der Waals surface area contributed by atoms with Crippen molar-refractivity contribution in [1.29, 1.82) is 0 Å². The molecule has 0 bridgehead atoms. The van der Waals surface area contributed by atoms with Gasteiger partial charge < -0.3 is 5.32 Å². The van der Waals surface area contributed by atoms with Gasteiger partial charge in [-0.2, -0.15) is 0 Å². The standard InChI is InChI=1S/C17H26ClN/c1-12(2)14-6-5-9-17(11-14)19-13(3)15-7-4-8-16(18)10-15/h4,7-8,10,12-14,17,19H,5-6,9,11H2,1-3H3/t13-,14?,17?/m0/s1. The van der Waals surface area contributed by atoms with Gasteiger partial charge in [-0.05, 0) is 49.3 Å². The van der Waals surface area contributed by atoms with Crippen molar-refractivity contribution in [1.82, 2.24) is 5.32 Å². The summed E-state index contributed by atoms with van der Waals surface area (Å²) in [6.07, 6.45) is 5.40. The summed E-state index contributed by atoms with van der Waals surface area (Å²) in [7, 11) is 0. The molecule has 0 aliphatic heterocycles. The molecule has 19 heavy (non-hydrogen) atoms. The number of halogens is 1. The van der Waals surface area contributed by atoms with Crippen LogP contribution in [-0.4, -0.2) is 6.04 Å². The Bertz CT molecular complexity index is 402. The maximum absolute atomic E-state index is 6.07. The normalized spacial score (nSPS) is 25.5. The molecule has 1 aliphatic carbocycles.